The van der Waals surface area contributed by atoms with E-state index >= 15 is 0 Å². The molecule has 0 saturated carbocycles. The largest absolute Gasteiger partial charge is 0.330 e. The Morgan fingerprint density at radius 1 is 1.07 bits per heavy atom. The summed E-state index contributed by atoms with van der Waals surface area (Å²) in [5, 5.41) is 2.66. The minimum Gasteiger partial charge on any atom is -0.326 e. The van der Waals surface area contributed by atoms with Crippen LogP contribution in [0.5, 0.6) is 0 Å². The Bertz CT molecular complexity index is 1310. The average Bonchev–Trinajstić information content (AvgIpc) is 2.67. The van der Waals surface area contributed by atoms with Crippen molar-refractivity contribution in [1.82, 2.24) is 19.5 Å². The van der Waals surface area contributed by atoms with Crippen molar-refractivity contribution >= 4 is 33.8 Å². The molecule has 2 N–H and O–H groups in total. The molecule has 0 aliphatic heterocycles. The Morgan fingerprint density at radius 2 is 1.86 bits per heavy atom. The molecule has 0 aliphatic carbocycles. The van der Waals surface area contributed by atoms with Crippen molar-refractivity contribution in [3.05, 3.63) is 74.9 Å². The Kier molecular flexibility index (Phi) is 4.44. The molecule has 8 heteroatoms. The number of benzene rings is 2. The summed E-state index contributed by atoms with van der Waals surface area (Å²) >= 11 is 0. The van der Waals surface area contributed by atoms with Gasteiger partial charge in [0, 0.05) is 19.2 Å². The van der Waals surface area contributed by atoms with Crippen LogP contribution in [0.3, 0.4) is 0 Å². The van der Waals surface area contributed by atoms with Gasteiger partial charge in [-0.3, -0.25) is 19.1 Å². The molecule has 0 fully saturated rings. The zero-order valence-electron chi connectivity index (χ0n) is 15.1. The fraction of sp³-hybridized carbons (Fsp3) is 0.150. The lowest BCUT2D eigenvalue weighted by Crippen LogP contribution is -2.36. The normalized spacial score (nSPS) is 11.0. The predicted molar refractivity (Wildman–Crippen MR) is 106 cm³/mol. The van der Waals surface area contributed by atoms with E-state index in [1.165, 1.54) is 6.92 Å². The molecule has 2 aromatic carbocycles. The highest BCUT2D eigenvalue weighted by Gasteiger charge is 2.12. The van der Waals surface area contributed by atoms with Gasteiger partial charge in [-0.2, -0.15) is 0 Å². The lowest BCUT2D eigenvalue weighted by atomic mass is 10.1. The summed E-state index contributed by atoms with van der Waals surface area (Å²) in [7, 11) is 0. The number of hydrogen-bond donors (Lipinski definition) is 2. The second kappa shape index (κ2) is 7.07. The molecule has 8 nitrogen and oxygen atoms in total. The van der Waals surface area contributed by atoms with Crippen LogP contribution in [0.15, 0.2) is 58.1 Å². The number of fused-ring (bicyclic) bond motifs is 2. The van der Waals surface area contributed by atoms with Gasteiger partial charge in [0.1, 0.15) is 0 Å². The minimum absolute atomic E-state index is 0.104. The smallest absolute Gasteiger partial charge is 0.326 e. The number of nitrogens with one attached hydrogen (secondary N) is 2. The van der Waals surface area contributed by atoms with Crippen LogP contribution in [0.2, 0.25) is 0 Å². The molecule has 140 valence electrons. The zero-order valence-corrected chi connectivity index (χ0v) is 15.1. The van der Waals surface area contributed by atoms with Gasteiger partial charge in [0.25, 0.3) is 5.56 Å². The van der Waals surface area contributed by atoms with Crippen LogP contribution in [0.4, 0.5) is 5.69 Å². The lowest BCUT2D eigenvalue weighted by Gasteiger charge is -2.08. The molecule has 2 heterocycles. The molecular formula is C20H17N5O3. The van der Waals surface area contributed by atoms with Gasteiger partial charge in [-0.15, -0.1) is 0 Å². The molecule has 1 amide bonds. The molecule has 0 saturated heterocycles. The Morgan fingerprint density at radius 3 is 2.61 bits per heavy atom. The maximum absolute atomic E-state index is 12.8. The number of H-pyrrole nitrogens is 1. The van der Waals surface area contributed by atoms with E-state index in [4.69, 9.17) is 0 Å². The molecular weight excluding hydrogens is 358 g/mol. The van der Waals surface area contributed by atoms with Crippen molar-refractivity contribution in [2.24, 2.45) is 0 Å². The first-order valence-corrected chi connectivity index (χ1v) is 8.77. The van der Waals surface area contributed by atoms with Crippen molar-refractivity contribution < 1.29 is 4.79 Å². The Balaban J connectivity index is 1.77. The van der Waals surface area contributed by atoms with Gasteiger partial charge in [-0.25, -0.2) is 14.8 Å². The van der Waals surface area contributed by atoms with E-state index in [1.807, 2.05) is 30.3 Å². The van der Waals surface area contributed by atoms with Gasteiger partial charge >= 0.3 is 5.69 Å². The van der Waals surface area contributed by atoms with E-state index in [1.54, 1.807) is 18.2 Å². The lowest BCUT2D eigenvalue weighted by molar-refractivity contribution is -0.114. The van der Waals surface area contributed by atoms with E-state index < -0.39 is 11.2 Å². The fourth-order valence-corrected chi connectivity index (χ4v) is 3.05. The molecule has 0 radical (unpaired) electrons. The van der Waals surface area contributed by atoms with Crippen LogP contribution in [-0.2, 0) is 17.8 Å². The highest BCUT2D eigenvalue weighted by atomic mass is 16.2. The average molecular weight is 375 g/mol. The summed E-state index contributed by atoms with van der Waals surface area (Å²) in [5.74, 6) is -0.206. The molecule has 2 aromatic heterocycles. The van der Waals surface area contributed by atoms with Crippen LogP contribution in [0.1, 0.15) is 12.5 Å². The Hall–Kier alpha value is -3.81. The maximum atomic E-state index is 12.8. The molecule has 0 unspecified atom stereocenters. The summed E-state index contributed by atoms with van der Waals surface area (Å²) in [6.07, 6.45) is 0.552. The summed E-state index contributed by atoms with van der Waals surface area (Å²) in [4.78, 5) is 47.8. The van der Waals surface area contributed by atoms with Crippen LogP contribution in [-0.4, -0.2) is 25.4 Å². The Labute approximate surface area is 158 Å². The second-order valence-corrected chi connectivity index (χ2v) is 6.43. The summed E-state index contributed by atoms with van der Waals surface area (Å²) in [6, 6.07) is 14.6. The molecule has 0 aliphatic rings. The minimum atomic E-state index is -0.528. The molecule has 28 heavy (non-hydrogen) atoms. The van der Waals surface area contributed by atoms with Gasteiger partial charge in [0.15, 0.2) is 11.2 Å². The third kappa shape index (κ3) is 3.39. The zero-order chi connectivity index (χ0) is 19.7. The highest BCUT2D eigenvalue weighted by Crippen LogP contribution is 2.17. The number of hydrogen-bond acceptors (Lipinski definition) is 5. The van der Waals surface area contributed by atoms with Crippen molar-refractivity contribution in [3.63, 3.8) is 0 Å². The number of aromatic nitrogens is 4. The third-order valence-corrected chi connectivity index (χ3v) is 4.37. The second-order valence-electron chi connectivity index (χ2n) is 6.43. The molecule has 0 spiro atoms. The van der Waals surface area contributed by atoms with Crippen LogP contribution in [0, 0.1) is 0 Å². The van der Waals surface area contributed by atoms with Gasteiger partial charge in [-0.1, -0.05) is 30.3 Å². The summed E-state index contributed by atoms with van der Waals surface area (Å²) in [6.45, 7) is 1.65. The van der Waals surface area contributed by atoms with E-state index in [2.05, 4.69) is 20.3 Å². The van der Waals surface area contributed by atoms with Gasteiger partial charge in [0.2, 0.25) is 5.91 Å². The summed E-state index contributed by atoms with van der Waals surface area (Å²) in [5.41, 5.74) is 1.79. The number of aryl methyl sites for hydroxylation is 1. The van der Waals surface area contributed by atoms with Crippen molar-refractivity contribution in [2.75, 3.05) is 5.32 Å². The number of carbonyl (C=O) groups excluding carboxylic acids is 1. The number of amides is 1. The number of aromatic amines is 1. The van der Waals surface area contributed by atoms with Gasteiger partial charge < -0.3 is 5.32 Å². The number of anilines is 1. The standard InChI is InChI=1S/C20H17N5O3/c1-12(26)21-14-7-8-15-16(11-14)23-18-17(22-15)19(27)25(20(28)24-18)10-9-13-5-3-2-4-6-13/h2-8,11H,9-10H2,1H3,(H,21,26)(H,23,24,28). The van der Waals surface area contributed by atoms with Crippen molar-refractivity contribution in [1.29, 1.82) is 0 Å². The van der Waals surface area contributed by atoms with Crippen molar-refractivity contribution in [3.8, 4) is 0 Å². The highest BCUT2D eigenvalue weighted by molar-refractivity contribution is 5.92. The van der Waals surface area contributed by atoms with Crippen LogP contribution >= 0.6 is 0 Å². The molecule has 0 bridgehead atoms. The van der Waals surface area contributed by atoms with Crippen LogP contribution in [0.25, 0.3) is 22.2 Å². The number of carbonyl (C=O) groups is 1. The monoisotopic (exact) mass is 375 g/mol. The summed E-state index contributed by atoms with van der Waals surface area (Å²) < 4.78 is 1.14. The first-order valence-electron chi connectivity index (χ1n) is 8.77. The van der Waals surface area contributed by atoms with E-state index in [9.17, 15) is 14.4 Å². The first kappa shape index (κ1) is 17.6. The molecule has 0 atom stereocenters. The van der Waals surface area contributed by atoms with Gasteiger partial charge in [-0.05, 0) is 30.2 Å². The predicted octanol–water partition coefficient (Wildman–Crippen LogP) is 1.83. The van der Waals surface area contributed by atoms with E-state index in [0.29, 0.717) is 23.1 Å². The molecule has 4 rings (SSSR count). The quantitative estimate of drug-likeness (QED) is 0.529. The fourth-order valence-electron chi connectivity index (χ4n) is 3.05. The van der Waals surface area contributed by atoms with E-state index in [-0.39, 0.29) is 23.6 Å². The van der Waals surface area contributed by atoms with E-state index in [0.717, 1.165) is 10.1 Å². The number of nitrogens with zero attached hydrogens (tertiary/aromatic N) is 3. The van der Waals surface area contributed by atoms with Crippen molar-refractivity contribution in [2.45, 2.75) is 19.9 Å². The topological polar surface area (TPSA) is 110 Å². The molecule has 4 aromatic rings. The maximum Gasteiger partial charge on any atom is 0.330 e. The first-order chi connectivity index (χ1) is 13.5. The number of rotatable bonds is 4. The van der Waals surface area contributed by atoms with Crippen LogP contribution < -0.4 is 16.6 Å². The van der Waals surface area contributed by atoms with Gasteiger partial charge in [0.05, 0.1) is 11.0 Å². The SMILES string of the molecule is CC(=O)Nc1ccc2nc3c(=O)n(CCc4ccccc4)c(=O)[nH]c3nc2c1. The third-order valence-electron chi connectivity index (χ3n) is 4.37.